The van der Waals surface area contributed by atoms with Gasteiger partial charge in [-0.25, -0.2) is 5.43 Å². The lowest BCUT2D eigenvalue weighted by Gasteiger charge is -2.09. The third-order valence-corrected chi connectivity index (χ3v) is 3.89. The molecule has 0 atom stereocenters. The maximum Gasteiger partial charge on any atom is 0.416 e. The largest absolute Gasteiger partial charge is 0.497 e. The molecule has 2 aromatic rings. The van der Waals surface area contributed by atoms with E-state index in [9.17, 15) is 22.8 Å². The third-order valence-electron chi connectivity index (χ3n) is 3.89. The van der Waals surface area contributed by atoms with E-state index in [2.05, 4.69) is 15.8 Å². The quantitative estimate of drug-likeness (QED) is 0.502. The second kappa shape index (κ2) is 10.3. The van der Waals surface area contributed by atoms with Gasteiger partial charge in [-0.05, 0) is 30.3 Å². The Kier molecular flexibility index (Phi) is 7.79. The molecule has 0 heterocycles. The Morgan fingerprint density at radius 1 is 1.03 bits per heavy atom. The van der Waals surface area contributed by atoms with Crippen molar-refractivity contribution in [3.8, 4) is 11.5 Å². The summed E-state index contributed by atoms with van der Waals surface area (Å²) in [5, 5.41) is 6.14. The molecule has 0 aliphatic rings. The first-order valence-corrected chi connectivity index (χ1v) is 8.74. The highest BCUT2D eigenvalue weighted by molar-refractivity contribution is 5.93. The standard InChI is InChI=1S/C20H20F3N3O4/c1-29-16-7-6-13(17(11-16)30-2)12-24-26-19(28)9-8-18(27)25-15-5-3-4-14(10-15)20(21,22)23/h3-7,10-12H,8-9H2,1-2H3,(H,25,27)(H,26,28). The van der Waals surface area contributed by atoms with Gasteiger partial charge >= 0.3 is 6.18 Å². The molecule has 2 N–H and O–H groups in total. The summed E-state index contributed by atoms with van der Waals surface area (Å²) in [7, 11) is 3.00. The minimum absolute atomic E-state index is 0.000134. The van der Waals surface area contributed by atoms with Crippen LogP contribution >= 0.6 is 0 Å². The maximum atomic E-state index is 12.7. The van der Waals surface area contributed by atoms with Crippen LogP contribution in [-0.4, -0.2) is 32.2 Å². The predicted molar refractivity (Wildman–Crippen MR) is 105 cm³/mol. The number of amides is 2. The fraction of sp³-hybridized carbons (Fsp3) is 0.250. The Labute approximate surface area is 170 Å². The smallest absolute Gasteiger partial charge is 0.416 e. The molecule has 0 radical (unpaired) electrons. The van der Waals surface area contributed by atoms with E-state index in [4.69, 9.17) is 9.47 Å². The van der Waals surface area contributed by atoms with Crippen molar-refractivity contribution in [3.63, 3.8) is 0 Å². The van der Waals surface area contributed by atoms with Crippen LogP contribution in [0.5, 0.6) is 11.5 Å². The molecule has 2 aromatic carbocycles. The van der Waals surface area contributed by atoms with Crippen molar-refractivity contribution in [2.45, 2.75) is 19.0 Å². The third kappa shape index (κ3) is 6.80. The van der Waals surface area contributed by atoms with Gasteiger partial charge in [0.25, 0.3) is 0 Å². The summed E-state index contributed by atoms with van der Waals surface area (Å²) < 4.78 is 48.4. The lowest BCUT2D eigenvalue weighted by atomic mass is 10.2. The van der Waals surface area contributed by atoms with Crippen LogP contribution in [0.4, 0.5) is 18.9 Å². The molecular weight excluding hydrogens is 403 g/mol. The van der Waals surface area contributed by atoms with Crippen molar-refractivity contribution in [1.29, 1.82) is 0 Å². The summed E-state index contributed by atoms with van der Waals surface area (Å²) in [6, 6.07) is 9.29. The minimum atomic E-state index is -4.51. The van der Waals surface area contributed by atoms with Crippen molar-refractivity contribution in [3.05, 3.63) is 53.6 Å². The van der Waals surface area contributed by atoms with E-state index in [0.29, 0.717) is 17.1 Å². The molecular formula is C20H20F3N3O4. The SMILES string of the molecule is COc1ccc(C=NNC(=O)CCC(=O)Nc2cccc(C(F)(F)F)c2)c(OC)c1. The van der Waals surface area contributed by atoms with E-state index in [-0.39, 0.29) is 18.5 Å². The molecule has 0 saturated carbocycles. The molecule has 2 rings (SSSR count). The average Bonchev–Trinajstić information content (AvgIpc) is 2.72. The van der Waals surface area contributed by atoms with Gasteiger partial charge in [0.05, 0.1) is 26.0 Å². The predicted octanol–water partition coefficient (Wildman–Crippen LogP) is 3.59. The molecule has 0 spiro atoms. The number of halogens is 3. The molecule has 2 amide bonds. The highest BCUT2D eigenvalue weighted by Crippen LogP contribution is 2.30. The topological polar surface area (TPSA) is 89.0 Å². The molecule has 0 fully saturated rings. The average molecular weight is 423 g/mol. The molecule has 0 saturated heterocycles. The Morgan fingerprint density at radius 3 is 2.43 bits per heavy atom. The van der Waals surface area contributed by atoms with Crippen molar-refractivity contribution < 1.29 is 32.2 Å². The summed E-state index contributed by atoms with van der Waals surface area (Å²) >= 11 is 0. The van der Waals surface area contributed by atoms with Gasteiger partial charge in [0, 0.05) is 30.2 Å². The van der Waals surface area contributed by atoms with Crippen LogP contribution in [0.3, 0.4) is 0 Å². The minimum Gasteiger partial charge on any atom is -0.497 e. The summed E-state index contributed by atoms with van der Waals surface area (Å²) in [5.41, 5.74) is 2.00. The summed E-state index contributed by atoms with van der Waals surface area (Å²) in [4.78, 5) is 23.7. The number of benzene rings is 2. The van der Waals surface area contributed by atoms with Crippen molar-refractivity contribution >= 4 is 23.7 Å². The van der Waals surface area contributed by atoms with Crippen molar-refractivity contribution in [2.24, 2.45) is 5.10 Å². The maximum absolute atomic E-state index is 12.7. The Bertz CT molecular complexity index is 930. The van der Waals surface area contributed by atoms with Crippen LogP contribution in [0, 0.1) is 0 Å². The number of alkyl halides is 3. The van der Waals surface area contributed by atoms with Crippen LogP contribution in [0.2, 0.25) is 0 Å². The van der Waals surface area contributed by atoms with Gasteiger partial charge in [-0.15, -0.1) is 0 Å². The first-order valence-electron chi connectivity index (χ1n) is 8.74. The van der Waals surface area contributed by atoms with Crippen molar-refractivity contribution in [2.75, 3.05) is 19.5 Å². The van der Waals surface area contributed by atoms with E-state index >= 15 is 0 Å². The van der Waals surface area contributed by atoms with Gasteiger partial charge in [-0.2, -0.15) is 18.3 Å². The zero-order chi connectivity index (χ0) is 22.1. The molecule has 7 nitrogen and oxygen atoms in total. The molecule has 30 heavy (non-hydrogen) atoms. The molecule has 0 bridgehead atoms. The number of hydrogen-bond acceptors (Lipinski definition) is 5. The fourth-order valence-corrected chi connectivity index (χ4v) is 2.38. The molecule has 0 aliphatic heterocycles. The van der Waals surface area contributed by atoms with Gasteiger partial charge < -0.3 is 14.8 Å². The monoisotopic (exact) mass is 423 g/mol. The highest BCUT2D eigenvalue weighted by atomic mass is 19.4. The molecule has 0 unspecified atom stereocenters. The van der Waals surface area contributed by atoms with E-state index in [1.54, 1.807) is 18.2 Å². The molecule has 10 heteroatoms. The first kappa shape index (κ1) is 22.7. The number of nitrogens with one attached hydrogen (secondary N) is 2. The van der Waals surface area contributed by atoms with Crippen LogP contribution in [0.1, 0.15) is 24.0 Å². The van der Waals surface area contributed by atoms with E-state index < -0.39 is 23.6 Å². The summed E-state index contributed by atoms with van der Waals surface area (Å²) in [5.74, 6) is -0.0316. The molecule has 0 aromatic heterocycles. The molecule has 160 valence electrons. The second-order valence-electron chi connectivity index (χ2n) is 6.03. The number of methoxy groups -OCH3 is 2. The van der Waals surface area contributed by atoms with E-state index in [1.165, 1.54) is 32.6 Å². The number of carbonyl (C=O) groups excluding carboxylic acids is 2. The van der Waals surface area contributed by atoms with Gasteiger partial charge in [0.15, 0.2) is 0 Å². The number of carbonyl (C=O) groups is 2. The lowest BCUT2D eigenvalue weighted by molar-refractivity contribution is -0.137. The number of nitrogens with zero attached hydrogens (tertiary/aromatic N) is 1. The highest BCUT2D eigenvalue weighted by Gasteiger charge is 2.30. The first-order chi connectivity index (χ1) is 14.2. The van der Waals surface area contributed by atoms with Gasteiger partial charge in [0.1, 0.15) is 11.5 Å². The Morgan fingerprint density at radius 2 is 1.77 bits per heavy atom. The van der Waals surface area contributed by atoms with Crippen LogP contribution < -0.4 is 20.2 Å². The number of ether oxygens (including phenoxy) is 2. The van der Waals surface area contributed by atoms with E-state index in [1.807, 2.05) is 0 Å². The Hall–Kier alpha value is -3.56. The Balaban J connectivity index is 1.83. The fourth-order valence-electron chi connectivity index (χ4n) is 2.38. The van der Waals surface area contributed by atoms with Gasteiger partial charge in [-0.3, -0.25) is 9.59 Å². The summed E-state index contributed by atoms with van der Waals surface area (Å²) in [6.45, 7) is 0. The normalized spacial score (nSPS) is 11.2. The number of hydrogen-bond donors (Lipinski definition) is 2. The van der Waals surface area contributed by atoms with Crippen LogP contribution in [-0.2, 0) is 15.8 Å². The number of rotatable bonds is 8. The van der Waals surface area contributed by atoms with Crippen molar-refractivity contribution in [1.82, 2.24) is 5.43 Å². The van der Waals surface area contributed by atoms with Crippen LogP contribution in [0.15, 0.2) is 47.6 Å². The number of hydrazone groups is 1. The summed E-state index contributed by atoms with van der Waals surface area (Å²) in [6.07, 6.45) is -3.55. The van der Waals surface area contributed by atoms with E-state index in [0.717, 1.165) is 12.1 Å². The van der Waals surface area contributed by atoms with Gasteiger partial charge in [0.2, 0.25) is 11.8 Å². The lowest BCUT2D eigenvalue weighted by Crippen LogP contribution is -2.20. The zero-order valence-corrected chi connectivity index (χ0v) is 16.2. The van der Waals surface area contributed by atoms with Gasteiger partial charge in [-0.1, -0.05) is 6.07 Å². The number of anilines is 1. The van der Waals surface area contributed by atoms with Crippen LogP contribution in [0.25, 0.3) is 0 Å². The molecule has 0 aliphatic carbocycles. The second-order valence-corrected chi connectivity index (χ2v) is 6.03. The zero-order valence-electron chi connectivity index (χ0n) is 16.2.